The summed E-state index contributed by atoms with van der Waals surface area (Å²) in [5, 5.41) is 3.63. The number of hydrogen-bond donors (Lipinski definition) is 1. The zero-order valence-electron chi connectivity index (χ0n) is 11.0. The van der Waals surface area contributed by atoms with Crippen molar-refractivity contribution >= 4 is 11.6 Å². The molecule has 18 heavy (non-hydrogen) atoms. The Kier molecular flexibility index (Phi) is 7.25. The van der Waals surface area contributed by atoms with Crippen LogP contribution in [0, 0.1) is 5.82 Å². The summed E-state index contributed by atoms with van der Waals surface area (Å²) in [5.74, 6) is -0.352. The fourth-order valence-corrected chi connectivity index (χ4v) is 1.95. The number of halogens is 2. The van der Waals surface area contributed by atoms with Gasteiger partial charge in [-0.25, -0.2) is 4.39 Å². The smallest absolute Gasteiger partial charge is 0.142 e. The fraction of sp³-hybridized carbons (Fsp3) is 0.571. The van der Waals surface area contributed by atoms with E-state index in [0.717, 1.165) is 31.4 Å². The van der Waals surface area contributed by atoms with Crippen molar-refractivity contribution in [2.75, 3.05) is 20.3 Å². The van der Waals surface area contributed by atoms with Crippen LogP contribution in [0.4, 0.5) is 4.39 Å². The van der Waals surface area contributed by atoms with Crippen LogP contribution < -0.4 is 5.32 Å². The molecule has 102 valence electrons. The van der Waals surface area contributed by atoms with Gasteiger partial charge in [0.1, 0.15) is 5.82 Å². The second-order valence-corrected chi connectivity index (χ2v) is 4.79. The molecule has 0 aliphatic carbocycles. The molecule has 0 heterocycles. The van der Waals surface area contributed by atoms with Crippen molar-refractivity contribution in [2.45, 2.75) is 32.2 Å². The highest BCUT2D eigenvalue weighted by atomic mass is 35.5. The summed E-state index contributed by atoms with van der Waals surface area (Å²) < 4.78 is 18.5. The monoisotopic (exact) mass is 273 g/mol. The predicted molar refractivity (Wildman–Crippen MR) is 73.7 cm³/mol. The van der Waals surface area contributed by atoms with Crippen molar-refractivity contribution in [1.82, 2.24) is 5.32 Å². The van der Waals surface area contributed by atoms with Gasteiger partial charge < -0.3 is 10.1 Å². The van der Waals surface area contributed by atoms with Crippen LogP contribution in [-0.2, 0) is 11.2 Å². The number of benzene rings is 1. The SMILES string of the molecule is CCCNC(CCOC)Cc1ccc(Cl)c(F)c1. The van der Waals surface area contributed by atoms with E-state index in [2.05, 4.69) is 12.2 Å². The van der Waals surface area contributed by atoms with Gasteiger partial charge in [-0.2, -0.15) is 0 Å². The molecular formula is C14H21ClFNO. The third-order valence-corrected chi connectivity index (χ3v) is 3.13. The van der Waals surface area contributed by atoms with Crippen LogP contribution in [-0.4, -0.2) is 26.3 Å². The summed E-state index contributed by atoms with van der Waals surface area (Å²) in [6.45, 7) is 3.80. The molecule has 4 heteroatoms. The second-order valence-electron chi connectivity index (χ2n) is 4.39. The third-order valence-electron chi connectivity index (χ3n) is 2.82. The van der Waals surface area contributed by atoms with Crippen molar-refractivity contribution in [3.63, 3.8) is 0 Å². The molecule has 0 spiro atoms. The summed E-state index contributed by atoms with van der Waals surface area (Å²) in [5.41, 5.74) is 0.960. The first kappa shape index (κ1) is 15.4. The van der Waals surface area contributed by atoms with E-state index in [9.17, 15) is 4.39 Å². The molecule has 1 aromatic rings. The molecule has 1 N–H and O–H groups in total. The third kappa shape index (κ3) is 5.34. The van der Waals surface area contributed by atoms with Gasteiger partial charge in [-0.1, -0.05) is 24.6 Å². The Balaban J connectivity index is 2.59. The number of hydrogen-bond acceptors (Lipinski definition) is 2. The highest BCUT2D eigenvalue weighted by Gasteiger charge is 2.10. The van der Waals surface area contributed by atoms with Gasteiger partial charge in [-0.05, 0) is 43.5 Å². The molecular weight excluding hydrogens is 253 g/mol. The Morgan fingerprint density at radius 2 is 2.22 bits per heavy atom. The van der Waals surface area contributed by atoms with E-state index in [-0.39, 0.29) is 10.8 Å². The molecule has 1 aromatic carbocycles. The average Bonchev–Trinajstić information content (AvgIpc) is 2.37. The van der Waals surface area contributed by atoms with Crippen LogP contribution in [0.2, 0.25) is 5.02 Å². The molecule has 0 aromatic heterocycles. The van der Waals surface area contributed by atoms with Crippen molar-refractivity contribution < 1.29 is 9.13 Å². The molecule has 0 amide bonds. The maximum atomic E-state index is 13.4. The minimum absolute atomic E-state index is 0.175. The molecule has 0 saturated heterocycles. The van der Waals surface area contributed by atoms with Gasteiger partial charge >= 0.3 is 0 Å². The van der Waals surface area contributed by atoms with Crippen molar-refractivity contribution in [2.24, 2.45) is 0 Å². The molecule has 0 bridgehead atoms. The van der Waals surface area contributed by atoms with E-state index in [0.29, 0.717) is 12.6 Å². The first-order chi connectivity index (χ1) is 8.67. The van der Waals surface area contributed by atoms with Crippen LogP contribution in [0.25, 0.3) is 0 Å². The van der Waals surface area contributed by atoms with E-state index in [1.165, 1.54) is 6.07 Å². The van der Waals surface area contributed by atoms with E-state index < -0.39 is 0 Å². The van der Waals surface area contributed by atoms with Crippen molar-refractivity contribution in [3.8, 4) is 0 Å². The topological polar surface area (TPSA) is 21.3 Å². The zero-order valence-corrected chi connectivity index (χ0v) is 11.8. The summed E-state index contributed by atoms with van der Waals surface area (Å²) in [6.07, 6.45) is 2.79. The Hall–Kier alpha value is -0.640. The lowest BCUT2D eigenvalue weighted by atomic mass is 10.0. The standard InChI is InChI=1S/C14H21ClFNO/c1-3-7-17-12(6-8-18-2)9-11-4-5-13(15)14(16)10-11/h4-5,10,12,17H,3,6-9H2,1-2H3. The molecule has 1 unspecified atom stereocenters. The molecule has 0 fully saturated rings. The molecule has 2 nitrogen and oxygen atoms in total. The zero-order chi connectivity index (χ0) is 13.4. The van der Waals surface area contributed by atoms with Gasteiger partial charge in [0, 0.05) is 19.8 Å². The van der Waals surface area contributed by atoms with Crippen LogP contribution in [0.3, 0.4) is 0 Å². The highest BCUT2D eigenvalue weighted by molar-refractivity contribution is 6.30. The van der Waals surface area contributed by atoms with E-state index in [1.807, 2.05) is 6.07 Å². The largest absolute Gasteiger partial charge is 0.385 e. The Morgan fingerprint density at radius 1 is 1.44 bits per heavy atom. The molecule has 0 radical (unpaired) electrons. The summed E-state index contributed by atoms with van der Waals surface area (Å²) in [4.78, 5) is 0. The number of methoxy groups -OCH3 is 1. The average molecular weight is 274 g/mol. The van der Waals surface area contributed by atoms with Crippen LogP contribution in [0.5, 0.6) is 0 Å². The quantitative estimate of drug-likeness (QED) is 0.784. The molecule has 0 saturated carbocycles. The van der Waals surface area contributed by atoms with E-state index in [4.69, 9.17) is 16.3 Å². The second kappa shape index (κ2) is 8.46. The lowest BCUT2D eigenvalue weighted by molar-refractivity contribution is 0.182. The normalized spacial score (nSPS) is 12.7. The van der Waals surface area contributed by atoms with Gasteiger partial charge in [-0.15, -0.1) is 0 Å². The summed E-state index contributed by atoms with van der Waals surface area (Å²) in [7, 11) is 1.69. The number of nitrogens with one attached hydrogen (secondary N) is 1. The lowest BCUT2D eigenvalue weighted by Crippen LogP contribution is -2.32. The maximum Gasteiger partial charge on any atom is 0.142 e. The Bertz CT molecular complexity index is 352. The summed E-state index contributed by atoms with van der Waals surface area (Å²) in [6, 6.07) is 5.30. The van der Waals surface area contributed by atoms with Crippen LogP contribution in [0.15, 0.2) is 18.2 Å². The van der Waals surface area contributed by atoms with Crippen LogP contribution in [0.1, 0.15) is 25.3 Å². The van der Waals surface area contributed by atoms with E-state index >= 15 is 0 Å². The maximum absolute atomic E-state index is 13.4. The first-order valence-corrected chi connectivity index (χ1v) is 6.71. The summed E-state index contributed by atoms with van der Waals surface area (Å²) >= 11 is 5.67. The number of rotatable bonds is 8. The highest BCUT2D eigenvalue weighted by Crippen LogP contribution is 2.17. The van der Waals surface area contributed by atoms with Gasteiger partial charge in [-0.3, -0.25) is 0 Å². The number of ether oxygens (including phenoxy) is 1. The van der Waals surface area contributed by atoms with Crippen molar-refractivity contribution in [3.05, 3.63) is 34.6 Å². The Morgan fingerprint density at radius 3 is 2.83 bits per heavy atom. The molecule has 1 rings (SSSR count). The first-order valence-electron chi connectivity index (χ1n) is 6.33. The van der Waals surface area contributed by atoms with E-state index in [1.54, 1.807) is 13.2 Å². The Labute approximate surface area is 113 Å². The predicted octanol–water partition coefficient (Wildman–Crippen LogP) is 3.43. The van der Waals surface area contributed by atoms with Gasteiger partial charge in [0.2, 0.25) is 0 Å². The van der Waals surface area contributed by atoms with Gasteiger partial charge in [0.15, 0.2) is 0 Å². The van der Waals surface area contributed by atoms with Crippen LogP contribution >= 0.6 is 11.6 Å². The van der Waals surface area contributed by atoms with Gasteiger partial charge in [0.25, 0.3) is 0 Å². The molecule has 0 aliphatic heterocycles. The fourth-order valence-electron chi connectivity index (χ4n) is 1.84. The minimum atomic E-state index is -0.352. The minimum Gasteiger partial charge on any atom is -0.385 e. The van der Waals surface area contributed by atoms with Gasteiger partial charge in [0.05, 0.1) is 5.02 Å². The van der Waals surface area contributed by atoms with Crippen molar-refractivity contribution in [1.29, 1.82) is 0 Å². The lowest BCUT2D eigenvalue weighted by Gasteiger charge is -2.18. The molecule has 1 atom stereocenters. The molecule has 0 aliphatic rings.